The molecule has 0 fully saturated rings. The fourth-order valence-corrected chi connectivity index (χ4v) is 2.05. The second kappa shape index (κ2) is 7.52. The molecule has 100 valence electrons. The van der Waals surface area contributed by atoms with Crippen LogP contribution in [0.4, 0.5) is 0 Å². The lowest BCUT2D eigenvalue weighted by Gasteiger charge is -2.05. The minimum atomic E-state index is 1.08. The standard InChI is InChI=1S/C14H11N.2C2H6/c1-10-11-6-2-4-8-13(11)15-14-9-5-3-7-12(10)14;2*1-2/h2-9H,1H3;2*1-2H3. The van der Waals surface area contributed by atoms with Crippen molar-refractivity contribution < 1.29 is 0 Å². The molecule has 0 saturated carbocycles. The van der Waals surface area contributed by atoms with Crippen LogP contribution in [0, 0.1) is 6.92 Å². The molecule has 1 heterocycles. The topological polar surface area (TPSA) is 12.9 Å². The van der Waals surface area contributed by atoms with Crippen molar-refractivity contribution in [1.82, 2.24) is 4.98 Å². The Morgan fingerprint density at radius 2 is 1.00 bits per heavy atom. The van der Waals surface area contributed by atoms with Crippen molar-refractivity contribution in [2.45, 2.75) is 34.6 Å². The second-order valence-corrected chi connectivity index (χ2v) is 3.77. The third-order valence-electron chi connectivity index (χ3n) is 2.86. The van der Waals surface area contributed by atoms with Gasteiger partial charge in [0.25, 0.3) is 0 Å². The van der Waals surface area contributed by atoms with Crippen LogP contribution in [-0.2, 0) is 0 Å². The summed E-state index contributed by atoms with van der Waals surface area (Å²) in [5.41, 5.74) is 3.47. The minimum Gasteiger partial charge on any atom is -0.248 e. The summed E-state index contributed by atoms with van der Waals surface area (Å²) >= 11 is 0. The first-order chi connectivity index (χ1) is 9.36. The molecule has 0 atom stereocenters. The van der Waals surface area contributed by atoms with Crippen LogP contribution in [0.2, 0.25) is 0 Å². The van der Waals surface area contributed by atoms with Crippen molar-refractivity contribution in [2.75, 3.05) is 0 Å². The molecule has 0 aliphatic carbocycles. The summed E-state index contributed by atoms with van der Waals surface area (Å²) in [6.07, 6.45) is 0. The number of aryl methyl sites for hydroxylation is 1. The maximum atomic E-state index is 4.64. The first-order valence-electron chi connectivity index (χ1n) is 7.10. The number of pyridine rings is 1. The van der Waals surface area contributed by atoms with E-state index >= 15 is 0 Å². The van der Waals surface area contributed by atoms with Gasteiger partial charge in [-0.05, 0) is 24.6 Å². The van der Waals surface area contributed by atoms with E-state index in [9.17, 15) is 0 Å². The second-order valence-electron chi connectivity index (χ2n) is 3.77. The Bertz CT molecular complexity index is 587. The SMILES string of the molecule is CC.CC.Cc1c2ccccc2nc2ccccc12. The van der Waals surface area contributed by atoms with Crippen molar-refractivity contribution in [1.29, 1.82) is 0 Å². The Kier molecular flexibility index (Phi) is 6.01. The van der Waals surface area contributed by atoms with Gasteiger partial charge in [0.2, 0.25) is 0 Å². The summed E-state index contributed by atoms with van der Waals surface area (Å²) in [5, 5.41) is 2.49. The van der Waals surface area contributed by atoms with Gasteiger partial charge < -0.3 is 0 Å². The van der Waals surface area contributed by atoms with E-state index in [1.54, 1.807) is 0 Å². The number of benzene rings is 2. The molecule has 19 heavy (non-hydrogen) atoms. The van der Waals surface area contributed by atoms with E-state index in [-0.39, 0.29) is 0 Å². The highest BCUT2D eigenvalue weighted by Crippen LogP contribution is 2.24. The van der Waals surface area contributed by atoms with Gasteiger partial charge in [0.15, 0.2) is 0 Å². The van der Waals surface area contributed by atoms with Crippen molar-refractivity contribution in [2.24, 2.45) is 0 Å². The number of para-hydroxylation sites is 2. The van der Waals surface area contributed by atoms with Gasteiger partial charge in [-0.3, -0.25) is 0 Å². The molecule has 3 aromatic rings. The van der Waals surface area contributed by atoms with E-state index in [0.717, 1.165) is 11.0 Å². The van der Waals surface area contributed by atoms with Gasteiger partial charge in [0.1, 0.15) is 0 Å². The molecule has 0 bridgehead atoms. The van der Waals surface area contributed by atoms with Crippen molar-refractivity contribution in [3.8, 4) is 0 Å². The van der Waals surface area contributed by atoms with Crippen molar-refractivity contribution in [3.05, 3.63) is 54.1 Å². The van der Waals surface area contributed by atoms with E-state index < -0.39 is 0 Å². The molecule has 2 aromatic carbocycles. The smallest absolute Gasteiger partial charge is 0.0712 e. The lowest BCUT2D eigenvalue weighted by Crippen LogP contribution is -1.86. The molecule has 0 aliphatic heterocycles. The Balaban J connectivity index is 0.000000415. The lowest BCUT2D eigenvalue weighted by molar-refractivity contribution is 1.45. The zero-order valence-corrected chi connectivity index (χ0v) is 12.6. The Hall–Kier alpha value is -1.89. The quantitative estimate of drug-likeness (QED) is 0.465. The first-order valence-corrected chi connectivity index (χ1v) is 7.10. The van der Waals surface area contributed by atoms with Crippen LogP contribution in [0.15, 0.2) is 48.5 Å². The highest BCUT2D eigenvalue weighted by molar-refractivity contribution is 5.96. The zero-order valence-electron chi connectivity index (χ0n) is 12.6. The number of fused-ring (bicyclic) bond motifs is 2. The molecule has 0 radical (unpaired) electrons. The van der Waals surface area contributed by atoms with Gasteiger partial charge in [-0.15, -0.1) is 0 Å². The molecular formula is C18H23N. The summed E-state index contributed by atoms with van der Waals surface area (Å²) in [4.78, 5) is 4.64. The van der Waals surface area contributed by atoms with E-state index in [1.165, 1.54) is 16.3 Å². The molecular weight excluding hydrogens is 230 g/mol. The maximum Gasteiger partial charge on any atom is 0.0712 e. The average molecular weight is 253 g/mol. The van der Waals surface area contributed by atoms with Gasteiger partial charge in [0, 0.05) is 10.8 Å². The van der Waals surface area contributed by atoms with Crippen LogP contribution in [0.1, 0.15) is 33.3 Å². The van der Waals surface area contributed by atoms with E-state index in [4.69, 9.17) is 0 Å². The van der Waals surface area contributed by atoms with Crippen molar-refractivity contribution in [3.63, 3.8) is 0 Å². The molecule has 0 spiro atoms. The zero-order chi connectivity index (χ0) is 14.3. The van der Waals surface area contributed by atoms with Gasteiger partial charge in [-0.25, -0.2) is 4.98 Å². The molecule has 1 aromatic heterocycles. The molecule has 1 heteroatoms. The predicted octanol–water partition coefficient (Wildman–Crippen LogP) is 5.75. The Morgan fingerprint density at radius 3 is 1.42 bits per heavy atom. The van der Waals surface area contributed by atoms with E-state index in [2.05, 4.69) is 48.3 Å². The highest BCUT2D eigenvalue weighted by Gasteiger charge is 2.03. The van der Waals surface area contributed by atoms with Crippen LogP contribution < -0.4 is 0 Å². The molecule has 0 unspecified atom stereocenters. The van der Waals surface area contributed by atoms with Gasteiger partial charge >= 0.3 is 0 Å². The Labute approximate surface area is 116 Å². The summed E-state index contributed by atoms with van der Waals surface area (Å²) in [6.45, 7) is 10.2. The van der Waals surface area contributed by atoms with E-state index in [1.807, 2.05) is 39.8 Å². The summed E-state index contributed by atoms with van der Waals surface area (Å²) < 4.78 is 0. The number of aromatic nitrogens is 1. The lowest BCUT2D eigenvalue weighted by atomic mass is 10.0. The molecule has 0 N–H and O–H groups in total. The first kappa shape index (κ1) is 15.2. The van der Waals surface area contributed by atoms with Crippen LogP contribution >= 0.6 is 0 Å². The maximum absolute atomic E-state index is 4.64. The van der Waals surface area contributed by atoms with Crippen molar-refractivity contribution >= 4 is 21.8 Å². The fourth-order valence-electron chi connectivity index (χ4n) is 2.05. The third-order valence-corrected chi connectivity index (χ3v) is 2.86. The van der Waals surface area contributed by atoms with Gasteiger partial charge in [-0.1, -0.05) is 64.1 Å². The van der Waals surface area contributed by atoms with Gasteiger partial charge in [0.05, 0.1) is 11.0 Å². The molecule has 1 nitrogen and oxygen atoms in total. The van der Waals surface area contributed by atoms with Crippen LogP contribution in [0.5, 0.6) is 0 Å². The summed E-state index contributed by atoms with van der Waals surface area (Å²) in [6, 6.07) is 16.6. The normalized spacial score (nSPS) is 9.32. The van der Waals surface area contributed by atoms with Crippen LogP contribution in [0.3, 0.4) is 0 Å². The monoisotopic (exact) mass is 253 g/mol. The predicted molar refractivity (Wildman–Crippen MR) is 86.7 cm³/mol. The fraction of sp³-hybridized carbons (Fsp3) is 0.278. The molecule has 0 amide bonds. The number of nitrogens with zero attached hydrogens (tertiary/aromatic N) is 1. The number of rotatable bonds is 0. The van der Waals surface area contributed by atoms with Gasteiger partial charge in [-0.2, -0.15) is 0 Å². The molecule has 3 rings (SSSR count). The highest BCUT2D eigenvalue weighted by atomic mass is 14.7. The minimum absolute atomic E-state index is 1.08. The average Bonchev–Trinajstić information content (AvgIpc) is 2.52. The third kappa shape index (κ3) is 3.11. The van der Waals surface area contributed by atoms with Crippen LogP contribution in [0.25, 0.3) is 21.8 Å². The number of hydrogen-bond acceptors (Lipinski definition) is 1. The Morgan fingerprint density at radius 1 is 0.632 bits per heavy atom. The molecule has 0 saturated heterocycles. The number of hydrogen-bond donors (Lipinski definition) is 0. The van der Waals surface area contributed by atoms with Crippen LogP contribution in [-0.4, -0.2) is 4.98 Å². The summed E-state index contributed by atoms with van der Waals surface area (Å²) in [7, 11) is 0. The van der Waals surface area contributed by atoms with E-state index in [0.29, 0.717) is 0 Å². The largest absolute Gasteiger partial charge is 0.248 e. The molecule has 0 aliphatic rings. The summed E-state index contributed by atoms with van der Waals surface area (Å²) in [5.74, 6) is 0.